The van der Waals surface area contributed by atoms with E-state index in [1.54, 1.807) is 0 Å². The third kappa shape index (κ3) is 4.04. The Labute approximate surface area is 92.9 Å². The van der Waals surface area contributed by atoms with E-state index >= 15 is 0 Å². The fourth-order valence-corrected chi connectivity index (χ4v) is 1.75. The van der Waals surface area contributed by atoms with Crippen molar-refractivity contribution in [2.75, 3.05) is 0 Å². The summed E-state index contributed by atoms with van der Waals surface area (Å²) in [4.78, 5) is 4.19. The highest BCUT2D eigenvalue weighted by molar-refractivity contribution is 4.98. The number of rotatable bonds is 7. The molecule has 1 N–H and O–H groups in total. The smallest absolute Gasteiger partial charge is 0.0948 e. The molecule has 0 saturated heterocycles. The van der Waals surface area contributed by atoms with Crippen molar-refractivity contribution >= 4 is 0 Å². The van der Waals surface area contributed by atoms with Crippen molar-refractivity contribution < 1.29 is 0 Å². The van der Waals surface area contributed by atoms with Crippen molar-refractivity contribution in [1.29, 1.82) is 0 Å². The third-order valence-corrected chi connectivity index (χ3v) is 2.62. The summed E-state index contributed by atoms with van der Waals surface area (Å²) >= 11 is 0. The maximum atomic E-state index is 4.19. The van der Waals surface area contributed by atoms with Crippen molar-refractivity contribution in [2.45, 2.75) is 59.2 Å². The molecule has 1 rings (SSSR count). The Bertz CT molecular complexity index is 268. The zero-order chi connectivity index (χ0) is 11.1. The summed E-state index contributed by atoms with van der Waals surface area (Å²) in [7, 11) is 0. The summed E-state index contributed by atoms with van der Waals surface area (Å²) < 4.78 is 2.23. The van der Waals surface area contributed by atoms with E-state index in [2.05, 4.69) is 35.6 Å². The molecule has 15 heavy (non-hydrogen) atoms. The Morgan fingerprint density at radius 2 is 2.20 bits per heavy atom. The topological polar surface area (TPSA) is 29.9 Å². The van der Waals surface area contributed by atoms with Crippen molar-refractivity contribution in [3.63, 3.8) is 0 Å². The molecule has 0 aliphatic rings. The van der Waals surface area contributed by atoms with Crippen LogP contribution in [0.2, 0.25) is 0 Å². The molecule has 1 aromatic heterocycles. The maximum Gasteiger partial charge on any atom is 0.0948 e. The second-order valence-corrected chi connectivity index (χ2v) is 4.15. The largest absolute Gasteiger partial charge is 0.333 e. The standard InChI is InChI=1S/C12H23N3/c1-4-6-11(3)14-9-12-8-13-10-15(12)7-5-2/h8,10-11,14H,4-7,9H2,1-3H3. The number of imidazole rings is 1. The molecule has 0 spiro atoms. The van der Waals surface area contributed by atoms with Crippen molar-refractivity contribution in [1.82, 2.24) is 14.9 Å². The van der Waals surface area contributed by atoms with Crippen LogP contribution in [-0.2, 0) is 13.1 Å². The highest BCUT2D eigenvalue weighted by Crippen LogP contribution is 2.02. The number of aromatic nitrogens is 2. The first-order valence-electron chi connectivity index (χ1n) is 6.00. The second-order valence-electron chi connectivity index (χ2n) is 4.15. The molecule has 0 radical (unpaired) electrons. The lowest BCUT2D eigenvalue weighted by Gasteiger charge is -2.13. The molecule has 1 aromatic rings. The monoisotopic (exact) mass is 209 g/mol. The predicted molar refractivity (Wildman–Crippen MR) is 63.7 cm³/mol. The van der Waals surface area contributed by atoms with Gasteiger partial charge in [-0.25, -0.2) is 4.98 Å². The van der Waals surface area contributed by atoms with Crippen molar-refractivity contribution in [3.05, 3.63) is 18.2 Å². The lowest BCUT2D eigenvalue weighted by molar-refractivity contribution is 0.492. The molecule has 0 bridgehead atoms. The van der Waals surface area contributed by atoms with Gasteiger partial charge in [0.15, 0.2) is 0 Å². The van der Waals surface area contributed by atoms with Gasteiger partial charge in [-0.1, -0.05) is 20.3 Å². The summed E-state index contributed by atoms with van der Waals surface area (Å²) in [5, 5.41) is 3.52. The van der Waals surface area contributed by atoms with Crippen LogP contribution in [0.3, 0.4) is 0 Å². The minimum Gasteiger partial charge on any atom is -0.333 e. The van der Waals surface area contributed by atoms with Gasteiger partial charge in [-0.2, -0.15) is 0 Å². The first-order valence-corrected chi connectivity index (χ1v) is 6.00. The maximum absolute atomic E-state index is 4.19. The number of nitrogens with zero attached hydrogens (tertiary/aromatic N) is 2. The van der Waals surface area contributed by atoms with E-state index in [9.17, 15) is 0 Å². The van der Waals surface area contributed by atoms with E-state index in [-0.39, 0.29) is 0 Å². The van der Waals surface area contributed by atoms with Gasteiger partial charge >= 0.3 is 0 Å². The third-order valence-electron chi connectivity index (χ3n) is 2.62. The van der Waals surface area contributed by atoms with Crippen LogP contribution >= 0.6 is 0 Å². The van der Waals surface area contributed by atoms with Crippen LogP contribution in [0.5, 0.6) is 0 Å². The van der Waals surface area contributed by atoms with E-state index < -0.39 is 0 Å². The van der Waals surface area contributed by atoms with Gasteiger partial charge < -0.3 is 9.88 Å². The molecule has 1 heterocycles. The van der Waals surface area contributed by atoms with E-state index in [4.69, 9.17) is 0 Å². The van der Waals surface area contributed by atoms with Crippen LogP contribution in [0, 0.1) is 0 Å². The number of aryl methyl sites for hydroxylation is 1. The zero-order valence-electron chi connectivity index (χ0n) is 10.2. The van der Waals surface area contributed by atoms with Crippen LogP contribution in [0.1, 0.15) is 45.7 Å². The summed E-state index contributed by atoms with van der Waals surface area (Å²) in [5.74, 6) is 0. The van der Waals surface area contributed by atoms with Gasteiger partial charge in [-0.3, -0.25) is 0 Å². The van der Waals surface area contributed by atoms with Gasteiger partial charge in [-0.15, -0.1) is 0 Å². The van der Waals surface area contributed by atoms with E-state index in [1.807, 2.05) is 12.5 Å². The van der Waals surface area contributed by atoms with Crippen LogP contribution in [0.4, 0.5) is 0 Å². The predicted octanol–water partition coefficient (Wildman–Crippen LogP) is 2.57. The average Bonchev–Trinajstić information content (AvgIpc) is 2.64. The lowest BCUT2D eigenvalue weighted by Crippen LogP contribution is -2.26. The molecule has 0 amide bonds. The number of nitrogens with one attached hydrogen (secondary N) is 1. The van der Waals surface area contributed by atoms with Crippen molar-refractivity contribution in [3.8, 4) is 0 Å². The summed E-state index contributed by atoms with van der Waals surface area (Å²) in [5.41, 5.74) is 1.29. The highest BCUT2D eigenvalue weighted by atomic mass is 15.1. The van der Waals surface area contributed by atoms with Gasteiger partial charge in [0.1, 0.15) is 0 Å². The summed E-state index contributed by atoms with van der Waals surface area (Å²) in [6.45, 7) is 8.65. The van der Waals surface area contributed by atoms with E-state index in [1.165, 1.54) is 18.5 Å². The minimum absolute atomic E-state index is 0.597. The van der Waals surface area contributed by atoms with Gasteiger partial charge in [0.25, 0.3) is 0 Å². The quantitative estimate of drug-likeness (QED) is 0.748. The summed E-state index contributed by atoms with van der Waals surface area (Å²) in [6, 6.07) is 0.597. The minimum atomic E-state index is 0.597. The van der Waals surface area contributed by atoms with Crippen LogP contribution in [0.15, 0.2) is 12.5 Å². The zero-order valence-corrected chi connectivity index (χ0v) is 10.2. The number of hydrogen-bond donors (Lipinski definition) is 1. The normalized spacial score (nSPS) is 13.0. The second kappa shape index (κ2) is 6.62. The Balaban J connectivity index is 2.39. The van der Waals surface area contributed by atoms with Gasteiger partial charge in [0, 0.05) is 25.3 Å². The van der Waals surface area contributed by atoms with Gasteiger partial charge in [-0.05, 0) is 19.8 Å². The Morgan fingerprint density at radius 3 is 2.87 bits per heavy atom. The summed E-state index contributed by atoms with van der Waals surface area (Å²) in [6.07, 6.45) is 7.52. The molecular formula is C12H23N3. The van der Waals surface area contributed by atoms with Crippen LogP contribution in [0.25, 0.3) is 0 Å². The van der Waals surface area contributed by atoms with Crippen LogP contribution < -0.4 is 5.32 Å². The molecule has 1 atom stereocenters. The fraction of sp³-hybridized carbons (Fsp3) is 0.750. The Morgan fingerprint density at radius 1 is 1.40 bits per heavy atom. The van der Waals surface area contributed by atoms with E-state index in [0.29, 0.717) is 6.04 Å². The first kappa shape index (κ1) is 12.2. The molecule has 0 aromatic carbocycles. The molecule has 1 unspecified atom stereocenters. The Kier molecular flexibility index (Phi) is 5.40. The molecule has 86 valence electrons. The van der Waals surface area contributed by atoms with Gasteiger partial charge in [0.2, 0.25) is 0 Å². The molecule has 3 nitrogen and oxygen atoms in total. The average molecular weight is 209 g/mol. The lowest BCUT2D eigenvalue weighted by atomic mass is 10.2. The molecule has 3 heteroatoms. The highest BCUT2D eigenvalue weighted by Gasteiger charge is 2.03. The molecule has 0 aliphatic carbocycles. The Hall–Kier alpha value is -0.830. The fourth-order valence-electron chi connectivity index (χ4n) is 1.75. The number of hydrogen-bond acceptors (Lipinski definition) is 2. The first-order chi connectivity index (χ1) is 7.27. The molecule has 0 fully saturated rings. The van der Waals surface area contributed by atoms with Gasteiger partial charge in [0.05, 0.1) is 12.0 Å². The van der Waals surface area contributed by atoms with Crippen molar-refractivity contribution in [2.24, 2.45) is 0 Å². The molecule has 0 saturated carbocycles. The molecular weight excluding hydrogens is 186 g/mol. The SMILES string of the molecule is CCCC(C)NCc1cncn1CCC. The molecule has 0 aliphatic heterocycles. The van der Waals surface area contributed by atoms with Crippen LogP contribution in [-0.4, -0.2) is 15.6 Å². The van der Waals surface area contributed by atoms with E-state index in [0.717, 1.165) is 19.5 Å².